The van der Waals surface area contributed by atoms with Crippen LogP contribution >= 0.6 is 23.2 Å². The smallest absolute Gasteiger partial charge is 0.270 e. The number of halogens is 2. The van der Waals surface area contributed by atoms with Gasteiger partial charge in [0.2, 0.25) is 5.91 Å². The molecule has 0 atom stereocenters. The van der Waals surface area contributed by atoms with Gasteiger partial charge >= 0.3 is 0 Å². The molecule has 0 spiro atoms. The monoisotopic (exact) mass is 411 g/mol. The molecule has 10 heteroatoms. The van der Waals surface area contributed by atoms with Crippen LogP contribution in [0.5, 0.6) is 11.5 Å². The quantitative estimate of drug-likeness (QED) is 0.295. The highest BCUT2D eigenvalue weighted by Crippen LogP contribution is 2.27. The Morgan fingerprint density at radius 2 is 2.07 bits per heavy atom. The lowest BCUT2D eigenvalue weighted by Crippen LogP contribution is -2.18. The topological polar surface area (TPSA) is 114 Å². The molecular formula is C17H15Cl2N3O5. The molecule has 0 saturated carbocycles. The van der Waals surface area contributed by atoms with Crippen molar-refractivity contribution >= 4 is 41.0 Å². The molecule has 2 N–H and O–H groups in total. The number of phenols is 1. The Labute approximate surface area is 164 Å². The van der Waals surface area contributed by atoms with Crippen LogP contribution in [0.25, 0.3) is 0 Å². The van der Waals surface area contributed by atoms with Crippen LogP contribution in [0.2, 0.25) is 10.0 Å². The van der Waals surface area contributed by atoms with Crippen molar-refractivity contribution in [3.63, 3.8) is 0 Å². The minimum absolute atomic E-state index is 0.116. The number of phenolic OH excluding ortho intramolecular Hbond substituents is 1. The first-order valence-electron chi connectivity index (χ1n) is 7.74. The third-order valence-corrected chi connectivity index (χ3v) is 3.84. The van der Waals surface area contributed by atoms with Crippen LogP contribution in [0, 0.1) is 10.1 Å². The molecule has 1 amide bonds. The van der Waals surface area contributed by atoms with E-state index in [1.807, 2.05) is 0 Å². The van der Waals surface area contributed by atoms with Crippen molar-refractivity contribution < 1.29 is 19.6 Å². The van der Waals surface area contributed by atoms with Crippen molar-refractivity contribution in [1.82, 2.24) is 5.43 Å². The lowest BCUT2D eigenvalue weighted by Gasteiger charge is -2.07. The number of nitrogens with one attached hydrogen (secondary N) is 1. The van der Waals surface area contributed by atoms with Gasteiger partial charge in [0.15, 0.2) is 0 Å². The van der Waals surface area contributed by atoms with Crippen molar-refractivity contribution in [2.45, 2.75) is 12.8 Å². The summed E-state index contributed by atoms with van der Waals surface area (Å²) in [5.74, 6) is -0.0885. The van der Waals surface area contributed by atoms with Gasteiger partial charge in [-0.15, -0.1) is 0 Å². The Balaban J connectivity index is 1.77. The number of nitrogens with zero attached hydrogens (tertiary/aromatic N) is 2. The number of nitro groups is 1. The van der Waals surface area contributed by atoms with Gasteiger partial charge in [0.05, 0.1) is 22.8 Å². The van der Waals surface area contributed by atoms with Gasteiger partial charge in [-0.1, -0.05) is 23.2 Å². The molecule has 0 unspecified atom stereocenters. The van der Waals surface area contributed by atoms with E-state index >= 15 is 0 Å². The average Bonchev–Trinajstić information content (AvgIpc) is 2.61. The van der Waals surface area contributed by atoms with Gasteiger partial charge in [-0.05, 0) is 30.7 Å². The van der Waals surface area contributed by atoms with Crippen LogP contribution in [-0.4, -0.2) is 28.8 Å². The molecule has 0 fully saturated rings. The summed E-state index contributed by atoms with van der Waals surface area (Å²) in [5.41, 5.74) is 2.20. The minimum Gasteiger partial charge on any atom is -0.507 e. The van der Waals surface area contributed by atoms with E-state index in [-0.39, 0.29) is 35.9 Å². The second kappa shape index (κ2) is 9.75. The van der Waals surface area contributed by atoms with Gasteiger partial charge in [0, 0.05) is 29.1 Å². The molecule has 0 aliphatic carbocycles. The van der Waals surface area contributed by atoms with Crippen LogP contribution in [0.15, 0.2) is 41.5 Å². The molecule has 2 rings (SSSR count). The Morgan fingerprint density at radius 3 is 2.78 bits per heavy atom. The Bertz CT molecular complexity index is 874. The largest absolute Gasteiger partial charge is 0.507 e. The molecule has 0 saturated heterocycles. The zero-order valence-corrected chi connectivity index (χ0v) is 15.4. The number of ether oxygens (including phenoxy) is 1. The third-order valence-electron chi connectivity index (χ3n) is 3.31. The van der Waals surface area contributed by atoms with Crippen molar-refractivity contribution in [2.75, 3.05) is 6.61 Å². The Hall–Kier alpha value is -2.84. The molecule has 0 heterocycles. The highest BCUT2D eigenvalue weighted by molar-refractivity contribution is 6.35. The van der Waals surface area contributed by atoms with Gasteiger partial charge in [0.1, 0.15) is 11.5 Å². The Morgan fingerprint density at radius 1 is 1.30 bits per heavy atom. The van der Waals surface area contributed by atoms with Crippen LogP contribution in [0.4, 0.5) is 5.69 Å². The van der Waals surface area contributed by atoms with Crippen LogP contribution in [0.1, 0.15) is 18.4 Å². The van der Waals surface area contributed by atoms with E-state index in [0.29, 0.717) is 22.2 Å². The predicted octanol–water partition coefficient (Wildman–Crippen LogP) is 3.92. The van der Waals surface area contributed by atoms with Gasteiger partial charge in [-0.25, -0.2) is 5.43 Å². The zero-order valence-electron chi connectivity index (χ0n) is 13.9. The number of non-ortho nitro benzene ring substituents is 1. The van der Waals surface area contributed by atoms with Crippen molar-refractivity contribution in [3.05, 3.63) is 62.1 Å². The van der Waals surface area contributed by atoms with E-state index in [2.05, 4.69) is 10.5 Å². The maximum atomic E-state index is 11.7. The summed E-state index contributed by atoms with van der Waals surface area (Å²) < 4.78 is 5.46. The van der Waals surface area contributed by atoms with Crippen LogP contribution in [-0.2, 0) is 4.79 Å². The number of hydrogen-bond acceptors (Lipinski definition) is 6. The first-order chi connectivity index (χ1) is 12.9. The lowest BCUT2D eigenvalue weighted by molar-refractivity contribution is -0.384. The predicted molar refractivity (Wildman–Crippen MR) is 102 cm³/mol. The summed E-state index contributed by atoms with van der Waals surface area (Å²) in [4.78, 5) is 21.8. The highest BCUT2D eigenvalue weighted by Gasteiger charge is 2.09. The summed E-state index contributed by atoms with van der Waals surface area (Å²) in [6, 6.07) is 8.34. The number of rotatable bonds is 8. The molecule has 2 aromatic rings. The molecule has 0 aliphatic heterocycles. The number of hydrazone groups is 1. The molecule has 0 bridgehead atoms. The molecule has 8 nitrogen and oxygen atoms in total. The Kier molecular flexibility index (Phi) is 7.39. The molecule has 0 aromatic heterocycles. The first-order valence-corrected chi connectivity index (χ1v) is 8.49. The van der Waals surface area contributed by atoms with Gasteiger partial charge < -0.3 is 9.84 Å². The summed E-state index contributed by atoms with van der Waals surface area (Å²) in [6.45, 7) is 0.268. The molecule has 0 aliphatic rings. The van der Waals surface area contributed by atoms with Crippen molar-refractivity contribution in [3.8, 4) is 11.5 Å². The van der Waals surface area contributed by atoms with Crippen molar-refractivity contribution in [1.29, 1.82) is 0 Å². The first kappa shape index (κ1) is 20.5. The zero-order chi connectivity index (χ0) is 19.8. The van der Waals surface area contributed by atoms with E-state index in [1.165, 1.54) is 6.07 Å². The number of hydrogen-bond donors (Lipinski definition) is 2. The molecule has 27 heavy (non-hydrogen) atoms. The molecular weight excluding hydrogens is 397 g/mol. The number of benzene rings is 2. The summed E-state index contributed by atoms with van der Waals surface area (Å²) >= 11 is 11.8. The second-order valence-electron chi connectivity index (χ2n) is 5.32. The van der Waals surface area contributed by atoms with Gasteiger partial charge in [-0.3, -0.25) is 14.9 Å². The summed E-state index contributed by atoms with van der Waals surface area (Å²) in [7, 11) is 0. The van der Waals surface area contributed by atoms with E-state index in [9.17, 15) is 20.0 Å². The number of carbonyl (C=O) groups is 1. The van der Waals surface area contributed by atoms with Gasteiger partial charge in [-0.2, -0.15) is 5.10 Å². The van der Waals surface area contributed by atoms with E-state index in [4.69, 9.17) is 27.9 Å². The lowest BCUT2D eigenvalue weighted by atomic mass is 10.2. The SMILES string of the molecule is O=C(CCCOc1ccc(Cl)cc1Cl)N/N=C\c1cc([N+](=O)[O-])ccc1O. The fourth-order valence-corrected chi connectivity index (χ4v) is 2.46. The van der Waals surface area contributed by atoms with Crippen molar-refractivity contribution in [2.24, 2.45) is 5.10 Å². The van der Waals surface area contributed by atoms with Crippen LogP contribution in [0.3, 0.4) is 0 Å². The van der Waals surface area contributed by atoms with E-state index in [1.54, 1.807) is 18.2 Å². The fourth-order valence-electron chi connectivity index (χ4n) is 2.00. The molecule has 2 aromatic carbocycles. The van der Waals surface area contributed by atoms with Crippen LogP contribution < -0.4 is 10.2 Å². The second-order valence-corrected chi connectivity index (χ2v) is 6.16. The number of carbonyl (C=O) groups excluding carboxylic acids is 1. The maximum Gasteiger partial charge on any atom is 0.270 e. The molecule has 0 radical (unpaired) electrons. The maximum absolute atomic E-state index is 11.7. The summed E-state index contributed by atoms with van der Waals surface area (Å²) in [6.07, 6.45) is 1.69. The number of nitro benzene ring substituents is 1. The number of amides is 1. The van der Waals surface area contributed by atoms with Gasteiger partial charge in [0.25, 0.3) is 5.69 Å². The fraction of sp³-hybridized carbons (Fsp3) is 0.176. The number of aromatic hydroxyl groups is 1. The minimum atomic E-state index is -0.595. The normalized spacial score (nSPS) is 10.7. The van der Waals surface area contributed by atoms with E-state index < -0.39 is 4.92 Å². The van der Waals surface area contributed by atoms with E-state index in [0.717, 1.165) is 18.3 Å². The molecule has 142 valence electrons. The highest BCUT2D eigenvalue weighted by atomic mass is 35.5. The standard InChI is InChI=1S/C17H15Cl2N3O5/c18-12-3-6-16(14(19)9-12)27-7-1-2-17(24)21-20-10-11-8-13(22(25)26)4-5-15(11)23/h3-6,8-10,23H,1-2,7H2,(H,21,24)/b20-10-. The third kappa shape index (κ3) is 6.43. The average molecular weight is 412 g/mol. The summed E-state index contributed by atoms with van der Waals surface area (Å²) in [5, 5.41) is 24.9.